The van der Waals surface area contributed by atoms with Crippen LogP contribution in [0.4, 0.5) is 0 Å². The Labute approximate surface area is 126 Å². The summed E-state index contributed by atoms with van der Waals surface area (Å²) in [6, 6.07) is 4.13. The van der Waals surface area contributed by atoms with Crippen LogP contribution in [0.15, 0.2) is 12.1 Å². The zero-order valence-corrected chi connectivity index (χ0v) is 12.9. The van der Waals surface area contributed by atoms with Gasteiger partial charge in [-0.05, 0) is 38.9 Å². The number of nitrogens with two attached hydrogens (primary N) is 1. The topological polar surface area (TPSA) is 76.7 Å². The largest absolute Gasteiger partial charge is 0.494 e. The van der Waals surface area contributed by atoms with Crippen LogP contribution < -0.4 is 20.5 Å². The number of aliphatic hydroxyl groups is 1. The summed E-state index contributed by atoms with van der Waals surface area (Å²) >= 11 is 0. The van der Waals surface area contributed by atoms with Crippen LogP contribution in [0.2, 0.25) is 0 Å². The number of aliphatic hydroxyl groups excluding tert-OH is 1. The first-order valence-electron chi connectivity index (χ1n) is 7.70. The molecule has 0 spiro atoms. The molecular weight excluding hydrogens is 268 g/mol. The predicted molar refractivity (Wildman–Crippen MR) is 82.9 cm³/mol. The summed E-state index contributed by atoms with van der Waals surface area (Å²) in [5.41, 5.74) is 8.13. The number of hydrogen-bond donors (Lipinski definition) is 3. The molecule has 2 rings (SSSR count). The highest BCUT2D eigenvalue weighted by atomic mass is 16.5. The Kier molecular flexibility index (Phi) is 5.85. The molecule has 118 valence electrons. The van der Waals surface area contributed by atoms with Gasteiger partial charge in [0.2, 0.25) is 0 Å². The van der Waals surface area contributed by atoms with Gasteiger partial charge in [-0.3, -0.25) is 0 Å². The van der Waals surface area contributed by atoms with Crippen molar-refractivity contribution >= 4 is 0 Å². The van der Waals surface area contributed by atoms with Crippen molar-refractivity contribution in [3.8, 4) is 11.5 Å². The molecule has 2 atom stereocenters. The number of nitrogens with one attached hydrogen (secondary N) is 1. The highest BCUT2D eigenvalue weighted by molar-refractivity contribution is 5.50. The lowest BCUT2D eigenvalue weighted by Gasteiger charge is -2.21. The molecule has 0 bridgehead atoms. The van der Waals surface area contributed by atoms with E-state index in [9.17, 15) is 0 Å². The van der Waals surface area contributed by atoms with Crippen molar-refractivity contribution in [2.24, 2.45) is 5.73 Å². The number of rotatable bonds is 8. The van der Waals surface area contributed by atoms with E-state index >= 15 is 0 Å². The van der Waals surface area contributed by atoms with Gasteiger partial charge in [0.15, 0.2) is 0 Å². The molecule has 0 saturated carbocycles. The Bertz CT molecular complexity index is 465. The van der Waals surface area contributed by atoms with Gasteiger partial charge < -0.3 is 25.6 Å². The van der Waals surface area contributed by atoms with Crippen molar-refractivity contribution in [3.63, 3.8) is 0 Å². The second-order valence-electron chi connectivity index (χ2n) is 5.38. The Balaban J connectivity index is 2.24. The number of hydrogen-bond acceptors (Lipinski definition) is 5. The van der Waals surface area contributed by atoms with E-state index in [2.05, 4.69) is 18.3 Å². The molecule has 0 saturated heterocycles. The third-order valence-corrected chi connectivity index (χ3v) is 3.67. The van der Waals surface area contributed by atoms with E-state index in [0.29, 0.717) is 19.6 Å². The minimum absolute atomic E-state index is 0.00269. The molecule has 5 nitrogen and oxygen atoms in total. The highest BCUT2D eigenvalue weighted by Gasteiger charge is 2.24. The standard InChI is InChI=1S/C16H26N2O3/c1-3-20-16-8-12-7-11(2)21-15(12)9-13(16)14(10-17)18-5-4-6-19/h8-9,11,14,18-19H,3-7,10,17H2,1-2H3. The summed E-state index contributed by atoms with van der Waals surface area (Å²) in [4.78, 5) is 0. The zero-order chi connectivity index (χ0) is 15.2. The van der Waals surface area contributed by atoms with Gasteiger partial charge in [-0.2, -0.15) is 0 Å². The predicted octanol–water partition coefficient (Wildman–Crippen LogP) is 1.38. The Morgan fingerprint density at radius 3 is 3.00 bits per heavy atom. The average Bonchev–Trinajstić information content (AvgIpc) is 2.83. The molecule has 21 heavy (non-hydrogen) atoms. The van der Waals surface area contributed by atoms with E-state index in [-0.39, 0.29) is 18.8 Å². The van der Waals surface area contributed by atoms with E-state index in [4.69, 9.17) is 20.3 Å². The SMILES string of the molecule is CCOc1cc2c(cc1C(CN)NCCCO)OC(C)C2. The number of ether oxygens (including phenoxy) is 2. The van der Waals surface area contributed by atoms with Crippen molar-refractivity contribution in [2.75, 3.05) is 26.3 Å². The molecule has 1 aliphatic rings. The van der Waals surface area contributed by atoms with Gasteiger partial charge in [0, 0.05) is 36.7 Å². The third kappa shape index (κ3) is 3.87. The molecular formula is C16H26N2O3. The maximum absolute atomic E-state index is 8.90. The molecule has 5 heteroatoms. The van der Waals surface area contributed by atoms with Crippen LogP contribution >= 0.6 is 0 Å². The van der Waals surface area contributed by atoms with Gasteiger partial charge in [0.25, 0.3) is 0 Å². The Hall–Kier alpha value is -1.30. The van der Waals surface area contributed by atoms with Gasteiger partial charge in [-0.15, -0.1) is 0 Å². The van der Waals surface area contributed by atoms with E-state index in [1.54, 1.807) is 0 Å². The molecule has 1 aromatic carbocycles. The highest BCUT2D eigenvalue weighted by Crippen LogP contribution is 2.37. The van der Waals surface area contributed by atoms with Crippen LogP contribution in [0, 0.1) is 0 Å². The monoisotopic (exact) mass is 294 g/mol. The second-order valence-corrected chi connectivity index (χ2v) is 5.38. The van der Waals surface area contributed by atoms with Crippen LogP contribution in [-0.4, -0.2) is 37.5 Å². The molecule has 4 N–H and O–H groups in total. The van der Waals surface area contributed by atoms with Crippen LogP contribution in [0.3, 0.4) is 0 Å². The normalized spacial score (nSPS) is 18.2. The van der Waals surface area contributed by atoms with Gasteiger partial charge in [-0.25, -0.2) is 0 Å². The lowest BCUT2D eigenvalue weighted by atomic mass is 10.0. The average molecular weight is 294 g/mol. The van der Waals surface area contributed by atoms with E-state index < -0.39 is 0 Å². The minimum atomic E-state index is 0.00269. The summed E-state index contributed by atoms with van der Waals surface area (Å²) in [5.74, 6) is 1.81. The Morgan fingerprint density at radius 2 is 2.33 bits per heavy atom. The van der Waals surface area contributed by atoms with Gasteiger partial charge in [0.05, 0.1) is 6.61 Å². The van der Waals surface area contributed by atoms with Crippen molar-refractivity contribution in [2.45, 2.75) is 38.8 Å². The summed E-state index contributed by atoms with van der Waals surface area (Å²) in [6.07, 6.45) is 1.84. The summed E-state index contributed by atoms with van der Waals surface area (Å²) in [6.45, 7) is 6.04. The lowest BCUT2D eigenvalue weighted by molar-refractivity contribution is 0.254. The molecule has 2 unspecified atom stereocenters. The van der Waals surface area contributed by atoms with Crippen LogP contribution in [0.1, 0.15) is 37.4 Å². The molecule has 1 aromatic rings. The fraction of sp³-hybridized carbons (Fsp3) is 0.625. The van der Waals surface area contributed by atoms with Crippen LogP contribution in [-0.2, 0) is 6.42 Å². The van der Waals surface area contributed by atoms with Crippen molar-refractivity contribution in [1.29, 1.82) is 0 Å². The molecule has 0 aromatic heterocycles. The molecule has 0 fully saturated rings. The van der Waals surface area contributed by atoms with Crippen LogP contribution in [0.5, 0.6) is 11.5 Å². The van der Waals surface area contributed by atoms with Crippen molar-refractivity contribution in [3.05, 3.63) is 23.3 Å². The van der Waals surface area contributed by atoms with E-state index in [1.165, 1.54) is 5.56 Å². The molecule has 0 radical (unpaired) electrons. The molecule has 0 amide bonds. The fourth-order valence-electron chi connectivity index (χ4n) is 2.68. The van der Waals surface area contributed by atoms with Crippen molar-refractivity contribution < 1.29 is 14.6 Å². The van der Waals surface area contributed by atoms with E-state index in [0.717, 1.165) is 30.0 Å². The van der Waals surface area contributed by atoms with Crippen LogP contribution in [0.25, 0.3) is 0 Å². The first-order chi connectivity index (χ1) is 10.2. The van der Waals surface area contributed by atoms with Crippen molar-refractivity contribution in [1.82, 2.24) is 5.32 Å². The van der Waals surface area contributed by atoms with Gasteiger partial charge >= 0.3 is 0 Å². The molecule has 1 aliphatic heterocycles. The quantitative estimate of drug-likeness (QED) is 0.632. The summed E-state index contributed by atoms with van der Waals surface area (Å²) in [7, 11) is 0. The first kappa shape index (κ1) is 16.1. The fourth-order valence-corrected chi connectivity index (χ4v) is 2.68. The maximum atomic E-state index is 8.90. The molecule has 0 aliphatic carbocycles. The Morgan fingerprint density at radius 1 is 1.52 bits per heavy atom. The molecule has 1 heterocycles. The summed E-state index contributed by atoms with van der Waals surface area (Å²) < 4.78 is 11.6. The maximum Gasteiger partial charge on any atom is 0.124 e. The second kappa shape index (κ2) is 7.64. The number of benzene rings is 1. The van der Waals surface area contributed by atoms with E-state index in [1.807, 2.05) is 13.0 Å². The number of fused-ring (bicyclic) bond motifs is 1. The third-order valence-electron chi connectivity index (χ3n) is 3.67. The minimum Gasteiger partial charge on any atom is -0.494 e. The summed E-state index contributed by atoms with van der Waals surface area (Å²) in [5, 5.41) is 12.3. The smallest absolute Gasteiger partial charge is 0.124 e. The first-order valence-corrected chi connectivity index (χ1v) is 7.70. The lowest BCUT2D eigenvalue weighted by Crippen LogP contribution is -2.29. The van der Waals surface area contributed by atoms with Gasteiger partial charge in [-0.1, -0.05) is 0 Å². The van der Waals surface area contributed by atoms with Gasteiger partial charge in [0.1, 0.15) is 17.6 Å². The zero-order valence-electron chi connectivity index (χ0n) is 12.9.